The first-order chi connectivity index (χ1) is 8.20. The lowest BCUT2D eigenvalue weighted by molar-refractivity contribution is 0.232. The summed E-state index contributed by atoms with van der Waals surface area (Å²) < 4.78 is 5.68. The van der Waals surface area contributed by atoms with Crippen LogP contribution in [0.4, 0.5) is 0 Å². The van der Waals surface area contributed by atoms with Crippen LogP contribution in [-0.4, -0.2) is 13.2 Å². The topological polar surface area (TPSA) is 35.2 Å². The van der Waals surface area contributed by atoms with E-state index >= 15 is 0 Å². The summed E-state index contributed by atoms with van der Waals surface area (Å²) in [5.74, 6) is 0.956. The lowest BCUT2D eigenvalue weighted by Crippen LogP contribution is -2.27. The van der Waals surface area contributed by atoms with Gasteiger partial charge >= 0.3 is 0 Å². The molecule has 1 atom stereocenters. The van der Waals surface area contributed by atoms with Crippen molar-refractivity contribution in [1.29, 1.82) is 0 Å². The van der Waals surface area contributed by atoms with Crippen molar-refractivity contribution < 1.29 is 4.74 Å². The second-order valence-electron chi connectivity index (χ2n) is 5.03. The van der Waals surface area contributed by atoms with Gasteiger partial charge in [-0.05, 0) is 43.4 Å². The summed E-state index contributed by atoms with van der Waals surface area (Å²) in [6, 6.07) is 9.98. The monoisotopic (exact) mass is 235 g/mol. The first-order valence-electron chi connectivity index (χ1n) is 6.58. The normalized spacial score (nSPS) is 14.3. The Morgan fingerprint density at radius 3 is 2.47 bits per heavy atom. The third-order valence-corrected chi connectivity index (χ3v) is 3.28. The first kappa shape index (κ1) is 14.0. The highest BCUT2D eigenvalue weighted by atomic mass is 16.5. The van der Waals surface area contributed by atoms with Crippen molar-refractivity contribution in [3.8, 4) is 5.75 Å². The maximum Gasteiger partial charge on any atom is 0.119 e. The molecule has 2 nitrogen and oxygen atoms in total. The van der Waals surface area contributed by atoms with Crippen LogP contribution in [0.1, 0.15) is 39.5 Å². The van der Waals surface area contributed by atoms with E-state index in [1.54, 1.807) is 0 Å². The molecule has 0 aromatic heterocycles. The third-order valence-electron chi connectivity index (χ3n) is 3.28. The molecule has 0 aliphatic rings. The van der Waals surface area contributed by atoms with Crippen molar-refractivity contribution in [3.63, 3.8) is 0 Å². The zero-order valence-corrected chi connectivity index (χ0v) is 11.1. The molecule has 0 aliphatic heterocycles. The Morgan fingerprint density at radius 1 is 1.18 bits per heavy atom. The Kier molecular flexibility index (Phi) is 6.06. The van der Waals surface area contributed by atoms with Crippen LogP contribution >= 0.6 is 0 Å². The van der Waals surface area contributed by atoms with Crippen LogP contribution in [0.25, 0.3) is 0 Å². The fraction of sp³-hybridized carbons (Fsp3) is 0.600. The van der Waals surface area contributed by atoms with E-state index in [2.05, 4.69) is 13.8 Å². The van der Waals surface area contributed by atoms with Crippen LogP contribution in [0.15, 0.2) is 30.3 Å². The summed E-state index contributed by atoms with van der Waals surface area (Å²) in [7, 11) is 0. The number of rotatable bonds is 8. The fourth-order valence-electron chi connectivity index (χ4n) is 2.14. The second kappa shape index (κ2) is 7.33. The quantitative estimate of drug-likeness (QED) is 0.699. The molecule has 0 heterocycles. The number of para-hydroxylation sites is 1. The molecular weight excluding hydrogens is 210 g/mol. The molecule has 2 heteroatoms. The molecule has 1 rings (SSSR count). The minimum Gasteiger partial charge on any atom is -0.494 e. The third kappa shape index (κ3) is 5.22. The van der Waals surface area contributed by atoms with E-state index in [4.69, 9.17) is 10.5 Å². The molecule has 0 aliphatic carbocycles. The Bertz CT molecular complexity index is 299. The predicted octanol–water partition coefficient (Wildman–Crippen LogP) is 3.61. The van der Waals surface area contributed by atoms with E-state index in [0.29, 0.717) is 0 Å². The van der Waals surface area contributed by atoms with Gasteiger partial charge in [0.05, 0.1) is 6.61 Å². The molecule has 0 amide bonds. The van der Waals surface area contributed by atoms with Crippen LogP contribution < -0.4 is 10.5 Å². The molecule has 0 radical (unpaired) electrons. The van der Waals surface area contributed by atoms with Gasteiger partial charge in [0.1, 0.15) is 5.75 Å². The summed E-state index contributed by atoms with van der Waals surface area (Å²) in [4.78, 5) is 0. The van der Waals surface area contributed by atoms with Crippen molar-refractivity contribution in [3.05, 3.63) is 30.3 Å². The summed E-state index contributed by atoms with van der Waals surface area (Å²) in [5.41, 5.74) is 6.13. The Labute approximate surface area is 105 Å². The fourth-order valence-corrected chi connectivity index (χ4v) is 2.14. The Hall–Kier alpha value is -1.02. The molecule has 0 saturated carbocycles. The van der Waals surface area contributed by atoms with Gasteiger partial charge in [0.2, 0.25) is 0 Å². The minimum atomic E-state index is 0.287. The number of hydrogen-bond donors (Lipinski definition) is 1. The van der Waals surface area contributed by atoms with Gasteiger partial charge in [-0.15, -0.1) is 0 Å². The molecule has 1 aromatic carbocycles. The molecule has 0 spiro atoms. The molecule has 96 valence electrons. The maximum atomic E-state index is 5.85. The van der Waals surface area contributed by atoms with Crippen LogP contribution in [0.5, 0.6) is 5.75 Å². The van der Waals surface area contributed by atoms with Gasteiger partial charge in [-0.3, -0.25) is 0 Å². The van der Waals surface area contributed by atoms with E-state index in [1.165, 1.54) is 12.8 Å². The number of hydrogen-bond acceptors (Lipinski definition) is 2. The highest BCUT2D eigenvalue weighted by Crippen LogP contribution is 2.27. The van der Waals surface area contributed by atoms with E-state index in [9.17, 15) is 0 Å². The van der Waals surface area contributed by atoms with Crippen molar-refractivity contribution >= 4 is 0 Å². The van der Waals surface area contributed by atoms with Crippen LogP contribution in [0, 0.1) is 5.41 Å². The first-order valence-corrected chi connectivity index (χ1v) is 6.58. The molecule has 0 fully saturated rings. The van der Waals surface area contributed by atoms with Gasteiger partial charge in [-0.2, -0.15) is 0 Å². The van der Waals surface area contributed by atoms with Crippen LogP contribution in [0.3, 0.4) is 0 Å². The van der Waals surface area contributed by atoms with Gasteiger partial charge in [-0.1, -0.05) is 38.5 Å². The summed E-state index contributed by atoms with van der Waals surface area (Å²) in [5, 5.41) is 0. The van der Waals surface area contributed by atoms with E-state index in [1.807, 2.05) is 30.3 Å². The average Bonchev–Trinajstić information content (AvgIpc) is 2.36. The van der Waals surface area contributed by atoms with Crippen molar-refractivity contribution in [2.24, 2.45) is 11.1 Å². The van der Waals surface area contributed by atoms with E-state index in [0.717, 1.165) is 31.7 Å². The van der Waals surface area contributed by atoms with Gasteiger partial charge in [0.25, 0.3) is 0 Å². The van der Waals surface area contributed by atoms with Crippen molar-refractivity contribution in [2.45, 2.75) is 39.5 Å². The minimum absolute atomic E-state index is 0.287. The molecular formula is C15H25NO. The maximum absolute atomic E-state index is 5.85. The number of nitrogens with two attached hydrogens (primary N) is 1. The van der Waals surface area contributed by atoms with Crippen LogP contribution in [0.2, 0.25) is 0 Å². The lowest BCUT2D eigenvalue weighted by atomic mass is 9.81. The zero-order valence-electron chi connectivity index (χ0n) is 11.1. The smallest absolute Gasteiger partial charge is 0.119 e. The van der Waals surface area contributed by atoms with E-state index < -0.39 is 0 Å². The Balaban J connectivity index is 2.23. The molecule has 1 aromatic rings. The van der Waals surface area contributed by atoms with Crippen LogP contribution in [-0.2, 0) is 0 Å². The highest BCUT2D eigenvalue weighted by molar-refractivity contribution is 5.20. The summed E-state index contributed by atoms with van der Waals surface area (Å²) in [6.45, 7) is 6.04. The average molecular weight is 235 g/mol. The predicted molar refractivity (Wildman–Crippen MR) is 73.2 cm³/mol. The summed E-state index contributed by atoms with van der Waals surface area (Å²) in [6.07, 6.45) is 4.62. The van der Waals surface area contributed by atoms with Gasteiger partial charge < -0.3 is 10.5 Å². The van der Waals surface area contributed by atoms with Crippen molar-refractivity contribution in [1.82, 2.24) is 0 Å². The zero-order chi connectivity index (χ0) is 12.6. The SMILES string of the molecule is CCCC(C)(CN)CCCOc1ccccc1. The van der Waals surface area contributed by atoms with E-state index in [-0.39, 0.29) is 5.41 Å². The largest absolute Gasteiger partial charge is 0.494 e. The lowest BCUT2D eigenvalue weighted by Gasteiger charge is -2.27. The highest BCUT2D eigenvalue weighted by Gasteiger charge is 2.20. The Morgan fingerprint density at radius 2 is 1.88 bits per heavy atom. The van der Waals surface area contributed by atoms with Gasteiger partial charge in [-0.25, -0.2) is 0 Å². The number of ether oxygens (including phenoxy) is 1. The van der Waals surface area contributed by atoms with Crippen molar-refractivity contribution in [2.75, 3.05) is 13.2 Å². The number of benzene rings is 1. The standard InChI is InChI=1S/C15H25NO/c1-3-10-15(2,13-16)11-7-12-17-14-8-5-4-6-9-14/h4-6,8-9H,3,7,10-13,16H2,1-2H3. The molecule has 0 bridgehead atoms. The summed E-state index contributed by atoms with van der Waals surface area (Å²) >= 11 is 0. The molecule has 0 saturated heterocycles. The second-order valence-corrected chi connectivity index (χ2v) is 5.03. The van der Waals surface area contributed by atoms with Gasteiger partial charge in [0, 0.05) is 0 Å². The molecule has 1 unspecified atom stereocenters. The van der Waals surface area contributed by atoms with Gasteiger partial charge in [0.15, 0.2) is 0 Å². The molecule has 17 heavy (non-hydrogen) atoms. The molecule has 2 N–H and O–H groups in total.